The van der Waals surface area contributed by atoms with E-state index >= 15 is 0 Å². The summed E-state index contributed by atoms with van der Waals surface area (Å²) in [5.41, 5.74) is 2.43. The van der Waals surface area contributed by atoms with Gasteiger partial charge in [-0.3, -0.25) is 4.98 Å². The Labute approximate surface area is 223 Å². The van der Waals surface area contributed by atoms with E-state index in [0.717, 1.165) is 24.0 Å². The standard InChI is InChI=1S/C26H32ClN7O2S/c1-4-24-20(9-14-25(32-24)34(27)37(35,36)23-6-5-15-28-18-23)8-7-19-16-29-26(30-17-19)31-21-10-12-22(13-11-21)33(2)3/h5-9,14-18,21-22H,4,10-13H2,1-3H3,(H,29,30,31)/b8-7+. The van der Waals surface area contributed by atoms with E-state index in [9.17, 15) is 8.42 Å². The first-order valence-corrected chi connectivity index (χ1v) is 14.1. The fourth-order valence-electron chi connectivity index (χ4n) is 4.35. The second kappa shape index (κ2) is 12.0. The number of hydrogen-bond acceptors (Lipinski definition) is 8. The summed E-state index contributed by atoms with van der Waals surface area (Å²) in [5.74, 6) is 0.764. The summed E-state index contributed by atoms with van der Waals surface area (Å²) in [6.45, 7) is 1.95. The van der Waals surface area contributed by atoms with Gasteiger partial charge < -0.3 is 10.2 Å². The number of pyridine rings is 2. The van der Waals surface area contributed by atoms with Gasteiger partial charge in [0.15, 0.2) is 5.82 Å². The molecule has 4 rings (SSSR count). The maximum absolute atomic E-state index is 12.8. The van der Waals surface area contributed by atoms with Gasteiger partial charge in [-0.25, -0.2) is 15.0 Å². The predicted octanol–water partition coefficient (Wildman–Crippen LogP) is 4.63. The number of halogens is 1. The molecule has 0 aliphatic heterocycles. The number of hydrogen-bond donors (Lipinski definition) is 1. The molecule has 196 valence electrons. The fourth-order valence-corrected chi connectivity index (χ4v) is 5.66. The Kier molecular flexibility index (Phi) is 8.73. The predicted molar refractivity (Wildman–Crippen MR) is 148 cm³/mol. The van der Waals surface area contributed by atoms with Crippen LogP contribution in [0.25, 0.3) is 12.2 Å². The van der Waals surface area contributed by atoms with E-state index in [2.05, 4.69) is 44.2 Å². The van der Waals surface area contributed by atoms with E-state index in [1.54, 1.807) is 30.6 Å². The zero-order valence-electron chi connectivity index (χ0n) is 21.2. The zero-order chi connectivity index (χ0) is 26.4. The molecule has 0 saturated heterocycles. The van der Waals surface area contributed by atoms with Gasteiger partial charge in [-0.1, -0.05) is 19.1 Å². The second-order valence-electron chi connectivity index (χ2n) is 9.25. The molecule has 1 N–H and O–H groups in total. The van der Waals surface area contributed by atoms with Gasteiger partial charge in [-0.05, 0) is 76.0 Å². The van der Waals surface area contributed by atoms with Gasteiger partial charge >= 0.3 is 0 Å². The Morgan fingerprint density at radius 1 is 1.05 bits per heavy atom. The number of aromatic nitrogens is 4. The fraction of sp³-hybridized carbons (Fsp3) is 0.385. The zero-order valence-corrected chi connectivity index (χ0v) is 22.8. The molecule has 0 spiro atoms. The van der Waals surface area contributed by atoms with Crippen LogP contribution >= 0.6 is 11.8 Å². The van der Waals surface area contributed by atoms with Crippen molar-refractivity contribution in [3.63, 3.8) is 0 Å². The van der Waals surface area contributed by atoms with Crippen LogP contribution in [0.3, 0.4) is 0 Å². The maximum atomic E-state index is 12.8. The molecule has 37 heavy (non-hydrogen) atoms. The molecule has 3 aromatic rings. The Bertz CT molecular complexity index is 1310. The largest absolute Gasteiger partial charge is 0.351 e. The van der Waals surface area contributed by atoms with Crippen LogP contribution < -0.4 is 9.14 Å². The van der Waals surface area contributed by atoms with Crippen molar-refractivity contribution in [2.75, 3.05) is 23.2 Å². The quantitative estimate of drug-likeness (QED) is 0.391. The van der Waals surface area contributed by atoms with E-state index in [1.807, 2.05) is 19.1 Å². The first-order chi connectivity index (χ1) is 17.8. The number of rotatable bonds is 9. The van der Waals surface area contributed by atoms with E-state index in [4.69, 9.17) is 11.8 Å². The van der Waals surface area contributed by atoms with Crippen molar-refractivity contribution in [1.29, 1.82) is 0 Å². The topological polar surface area (TPSA) is 104 Å². The highest BCUT2D eigenvalue weighted by molar-refractivity contribution is 7.94. The van der Waals surface area contributed by atoms with Crippen LogP contribution in [0.1, 0.15) is 49.4 Å². The summed E-state index contributed by atoms with van der Waals surface area (Å²) in [5, 5.41) is 3.46. The van der Waals surface area contributed by atoms with Gasteiger partial charge in [-0.15, -0.1) is 0 Å². The van der Waals surface area contributed by atoms with Crippen molar-refractivity contribution in [1.82, 2.24) is 24.8 Å². The smallest absolute Gasteiger partial charge is 0.281 e. The minimum absolute atomic E-state index is 0.00648. The third-order valence-corrected chi connectivity index (χ3v) is 8.70. The van der Waals surface area contributed by atoms with E-state index in [-0.39, 0.29) is 10.7 Å². The lowest BCUT2D eigenvalue weighted by Gasteiger charge is -2.32. The Morgan fingerprint density at radius 3 is 2.41 bits per heavy atom. The van der Waals surface area contributed by atoms with E-state index < -0.39 is 10.0 Å². The van der Waals surface area contributed by atoms with E-state index in [1.165, 1.54) is 31.3 Å². The molecule has 0 bridgehead atoms. The molecule has 11 heteroatoms. The molecule has 1 aliphatic rings. The second-order valence-corrected chi connectivity index (χ2v) is 11.6. The maximum Gasteiger partial charge on any atom is 0.281 e. The first kappa shape index (κ1) is 27.0. The van der Waals surface area contributed by atoms with Crippen molar-refractivity contribution >= 4 is 45.7 Å². The molecular weight excluding hydrogens is 510 g/mol. The molecular formula is C26H32ClN7O2S. The average Bonchev–Trinajstić information content (AvgIpc) is 2.93. The minimum atomic E-state index is -3.98. The highest BCUT2D eigenvalue weighted by atomic mass is 35.5. The van der Waals surface area contributed by atoms with E-state index in [0.29, 0.717) is 34.0 Å². The Balaban J connectivity index is 1.41. The highest BCUT2D eigenvalue weighted by Crippen LogP contribution is 2.26. The van der Waals surface area contributed by atoms with Gasteiger partial charge in [0.2, 0.25) is 5.95 Å². The van der Waals surface area contributed by atoms with Crippen LogP contribution in [0.5, 0.6) is 0 Å². The summed E-state index contributed by atoms with van der Waals surface area (Å²) in [6, 6.07) is 7.41. The van der Waals surface area contributed by atoms with Crippen molar-refractivity contribution in [3.05, 3.63) is 65.9 Å². The molecule has 0 radical (unpaired) electrons. The summed E-state index contributed by atoms with van der Waals surface area (Å²) >= 11 is 6.20. The number of anilines is 2. The molecule has 3 heterocycles. The SMILES string of the molecule is CCc1nc(N(Cl)S(=O)(=O)c2cccnc2)ccc1/C=C/c1cnc(NC2CCC(N(C)C)CC2)nc1. The molecule has 0 unspecified atom stereocenters. The lowest BCUT2D eigenvalue weighted by Crippen LogP contribution is -2.36. The van der Waals surface area contributed by atoms with Gasteiger partial charge in [-0.2, -0.15) is 12.2 Å². The van der Waals surface area contributed by atoms with Crippen molar-refractivity contribution in [2.24, 2.45) is 0 Å². The first-order valence-electron chi connectivity index (χ1n) is 12.3. The Hall–Kier alpha value is -3.08. The molecule has 1 saturated carbocycles. The third kappa shape index (κ3) is 6.63. The molecule has 9 nitrogen and oxygen atoms in total. The third-order valence-electron chi connectivity index (χ3n) is 6.54. The Morgan fingerprint density at radius 2 is 1.78 bits per heavy atom. The van der Waals surface area contributed by atoms with Crippen LogP contribution in [-0.4, -0.2) is 59.4 Å². The summed E-state index contributed by atoms with van der Waals surface area (Å²) in [7, 11) is 0.307. The van der Waals surface area contributed by atoms with Gasteiger partial charge in [0.25, 0.3) is 10.0 Å². The summed E-state index contributed by atoms with van der Waals surface area (Å²) in [4.78, 5) is 19.6. The molecule has 0 atom stereocenters. The normalized spacial score (nSPS) is 18.3. The number of aryl methyl sites for hydroxylation is 1. The minimum Gasteiger partial charge on any atom is -0.351 e. The number of nitrogens with one attached hydrogen (secondary N) is 1. The highest BCUT2D eigenvalue weighted by Gasteiger charge is 2.25. The molecule has 1 aliphatic carbocycles. The number of sulfonamides is 1. The average molecular weight is 542 g/mol. The van der Waals surface area contributed by atoms with Crippen LogP contribution in [0.2, 0.25) is 0 Å². The van der Waals surface area contributed by atoms with Crippen LogP contribution in [0, 0.1) is 0 Å². The monoisotopic (exact) mass is 541 g/mol. The van der Waals surface area contributed by atoms with Crippen LogP contribution in [-0.2, 0) is 16.4 Å². The van der Waals surface area contributed by atoms with Crippen LogP contribution in [0.15, 0.2) is 53.9 Å². The van der Waals surface area contributed by atoms with Crippen molar-refractivity contribution < 1.29 is 8.42 Å². The molecule has 3 aromatic heterocycles. The lowest BCUT2D eigenvalue weighted by molar-refractivity contribution is 0.221. The van der Waals surface area contributed by atoms with Gasteiger partial charge in [0, 0.05) is 59.9 Å². The molecule has 0 amide bonds. The van der Waals surface area contributed by atoms with Gasteiger partial charge in [0.05, 0.1) is 0 Å². The summed E-state index contributed by atoms with van der Waals surface area (Å²) < 4.78 is 26.3. The number of nitrogens with zero attached hydrogens (tertiary/aromatic N) is 6. The van der Waals surface area contributed by atoms with Crippen LogP contribution in [0.4, 0.5) is 11.8 Å². The van der Waals surface area contributed by atoms with Crippen molar-refractivity contribution in [3.8, 4) is 0 Å². The van der Waals surface area contributed by atoms with Crippen molar-refractivity contribution in [2.45, 2.75) is 56.0 Å². The summed E-state index contributed by atoms with van der Waals surface area (Å²) in [6.07, 6.45) is 15.3. The molecule has 0 aromatic carbocycles. The molecule has 1 fully saturated rings. The lowest BCUT2D eigenvalue weighted by atomic mass is 9.91. The van der Waals surface area contributed by atoms with Gasteiger partial charge in [0.1, 0.15) is 4.90 Å².